The van der Waals surface area contributed by atoms with Crippen LogP contribution in [0, 0.1) is 0 Å². The molecule has 2 aliphatic heterocycles. The zero-order valence-electron chi connectivity index (χ0n) is 17.2. The van der Waals surface area contributed by atoms with E-state index < -0.39 is 17.8 Å². The van der Waals surface area contributed by atoms with Crippen LogP contribution in [0.2, 0.25) is 5.02 Å². The number of benzene rings is 2. The molecular weight excluding hydrogens is 418 g/mol. The number of anilines is 1. The largest absolute Gasteiger partial charge is 0.378 e. The minimum absolute atomic E-state index is 0.102. The van der Waals surface area contributed by atoms with Gasteiger partial charge in [-0.2, -0.15) is 5.10 Å². The van der Waals surface area contributed by atoms with E-state index in [0.29, 0.717) is 17.2 Å². The Hall–Kier alpha value is -3.39. The Morgan fingerprint density at radius 2 is 1.87 bits per heavy atom. The summed E-state index contributed by atoms with van der Waals surface area (Å²) >= 11 is 6.36. The zero-order chi connectivity index (χ0) is 22.1. The Balaban J connectivity index is 1.65. The van der Waals surface area contributed by atoms with Gasteiger partial charge in [-0.3, -0.25) is 14.5 Å². The van der Waals surface area contributed by atoms with Gasteiger partial charge in [-0.25, -0.2) is 9.80 Å². The highest BCUT2D eigenvalue weighted by molar-refractivity contribution is 6.34. The van der Waals surface area contributed by atoms with Crippen LogP contribution in [0.5, 0.6) is 0 Å². The highest BCUT2D eigenvalue weighted by Gasteiger charge is 2.37. The number of urea groups is 1. The lowest BCUT2D eigenvalue weighted by Crippen LogP contribution is -2.41. The van der Waals surface area contributed by atoms with Crippen LogP contribution < -0.4 is 10.2 Å². The van der Waals surface area contributed by atoms with E-state index in [0.717, 1.165) is 21.7 Å². The van der Waals surface area contributed by atoms with Crippen molar-refractivity contribution in [3.63, 3.8) is 0 Å². The number of imide groups is 1. The third-order valence-corrected chi connectivity index (χ3v) is 5.70. The smallest absolute Gasteiger partial charge is 0.325 e. The fourth-order valence-electron chi connectivity index (χ4n) is 3.68. The van der Waals surface area contributed by atoms with Crippen molar-refractivity contribution in [3.05, 3.63) is 64.7 Å². The van der Waals surface area contributed by atoms with Gasteiger partial charge in [-0.1, -0.05) is 41.9 Å². The number of rotatable bonds is 5. The Morgan fingerprint density at radius 3 is 2.48 bits per heavy atom. The van der Waals surface area contributed by atoms with Crippen LogP contribution in [0.15, 0.2) is 53.6 Å². The van der Waals surface area contributed by atoms with Gasteiger partial charge in [-0.05, 0) is 23.8 Å². The highest BCUT2D eigenvalue weighted by atomic mass is 35.5. The van der Waals surface area contributed by atoms with E-state index in [1.807, 2.05) is 61.5 Å². The van der Waals surface area contributed by atoms with Gasteiger partial charge >= 0.3 is 6.03 Å². The van der Waals surface area contributed by atoms with Gasteiger partial charge in [-0.15, -0.1) is 0 Å². The summed E-state index contributed by atoms with van der Waals surface area (Å²) < 4.78 is 0. The lowest BCUT2D eigenvalue weighted by molar-refractivity contribution is -0.137. The fraction of sp³-hybridized carbons (Fsp3) is 0.273. The number of carbonyl (C=O) groups excluding carboxylic acids is 3. The summed E-state index contributed by atoms with van der Waals surface area (Å²) in [5, 5.41) is 8.90. The number of carbonyl (C=O) groups is 3. The van der Waals surface area contributed by atoms with Gasteiger partial charge in [0.1, 0.15) is 6.54 Å². The average Bonchev–Trinajstić information content (AvgIpc) is 3.33. The molecule has 160 valence electrons. The van der Waals surface area contributed by atoms with Crippen LogP contribution in [0.1, 0.15) is 23.6 Å². The van der Waals surface area contributed by atoms with Crippen LogP contribution in [-0.2, 0) is 9.59 Å². The minimum atomic E-state index is -0.570. The molecule has 0 aromatic heterocycles. The van der Waals surface area contributed by atoms with Crippen molar-refractivity contribution >= 4 is 40.8 Å². The van der Waals surface area contributed by atoms with Crippen molar-refractivity contribution in [2.45, 2.75) is 12.5 Å². The van der Waals surface area contributed by atoms with E-state index in [9.17, 15) is 14.4 Å². The minimum Gasteiger partial charge on any atom is -0.378 e. The maximum Gasteiger partial charge on any atom is 0.325 e. The molecule has 1 atom stereocenters. The third-order valence-electron chi connectivity index (χ3n) is 5.38. The molecule has 2 aliphatic rings. The lowest BCUT2D eigenvalue weighted by Gasteiger charge is -2.24. The topological polar surface area (TPSA) is 85.3 Å². The molecule has 9 heteroatoms. The Morgan fingerprint density at radius 1 is 1.16 bits per heavy atom. The molecule has 1 fully saturated rings. The fourth-order valence-corrected chi connectivity index (χ4v) is 3.92. The van der Waals surface area contributed by atoms with Crippen LogP contribution >= 0.6 is 11.6 Å². The first-order chi connectivity index (χ1) is 14.8. The van der Waals surface area contributed by atoms with E-state index >= 15 is 0 Å². The molecule has 0 aliphatic carbocycles. The predicted octanol–water partition coefficient (Wildman–Crippen LogP) is 2.64. The maximum absolute atomic E-state index is 13.1. The van der Waals surface area contributed by atoms with Crippen molar-refractivity contribution < 1.29 is 14.4 Å². The first-order valence-corrected chi connectivity index (χ1v) is 10.2. The average molecular weight is 440 g/mol. The molecule has 2 aromatic carbocycles. The second kappa shape index (κ2) is 8.39. The predicted molar refractivity (Wildman–Crippen MR) is 118 cm³/mol. The molecule has 0 bridgehead atoms. The zero-order valence-corrected chi connectivity index (χ0v) is 18.0. The van der Waals surface area contributed by atoms with E-state index in [4.69, 9.17) is 11.6 Å². The lowest BCUT2D eigenvalue weighted by atomic mass is 9.98. The number of hydrogen-bond donors (Lipinski definition) is 1. The number of hydrogen-bond acceptors (Lipinski definition) is 5. The van der Waals surface area contributed by atoms with Gasteiger partial charge in [0.15, 0.2) is 0 Å². The first kappa shape index (κ1) is 20.9. The molecule has 2 aromatic rings. The van der Waals surface area contributed by atoms with Gasteiger partial charge < -0.3 is 10.2 Å². The van der Waals surface area contributed by atoms with Crippen LogP contribution in [0.3, 0.4) is 0 Å². The van der Waals surface area contributed by atoms with Crippen LogP contribution in [-0.4, -0.2) is 60.7 Å². The molecule has 0 radical (unpaired) electrons. The third kappa shape index (κ3) is 4.11. The summed E-state index contributed by atoms with van der Waals surface area (Å²) in [6.07, 6.45) is 0.469. The van der Waals surface area contributed by atoms with Crippen molar-refractivity contribution in [2.24, 2.45) is 5.10 Å². The Bertz CT molecular complexity index is 1050. The standard InChI is InChI=1S/C22H22ClN5O3/c1-26(2)15-9-7-14(8-10-15)19-11-18(16-5-3-4-6-17(16)23)25-28(19)21(30)13-27-20(29)12-24-22(27)31/h3-10,19H,11-13H2,1-2H3,(H,24,31). The van der Waals surface area contributed by atoms with E-state index in [-0.39, 0.29) is 19.1 Å². The molecule has 4 rings (SSSR count). The van der Waals surface area contributed by atoms with Gasteiger partial charge in [0, 0.05) is 36.8 Å². The van der Waals surface area contributed by atoms with Crippen molar-refractivity contribution in [3.8, 4) is 0 Å². The summed E-state index contributed by atoms with van der Waals surface area (Å²) in [6.45, 7) is -0.466. The summed E-state index contributed by atoms with van der Waals surface area (Å²) in [7, 11) is 3.91. The molecular formula is C22H22ClN5O3. The van der Waals surface area contributed by atoms with Crippen LogP contribution in [0.25, 0.3) is 0 Å². The Kier molecular flexibility index (Phi) is 5.65. The number of hydrazone groups is 1. The highest BCUT2D eigenvalue weighted by Crippen LogP contribution is 2.35. The second-order valence-corrected chi connectivity index (χ2v) is 8.02. The monoisotopic (exact) mass is 439 g/mol. The molecule has 8 nitrogen and oxygen atoms in total. The summed E-state index contributed by atoms with van der Waals surface area (Å²) in [5.74, 6) is -0.867. The quantitative estimate of drug-likeness (QED) is 0.726. The number of nitrogens with zero attached hydrogens (tertiary/aromatic N) is 4. The normalized spacial score (nSPS) is 18.3. The van der Waals surface area contributed by atoms with Crippen molar-refractivity contribution in [1.29, 1.82) is 0 Å². The molecule has 0 saturated carbocycles. The molecule has 4 amide bonds. The van der Waals surface area contributed by atoms with Crippen molar-refractivity contribution in [2.75, 3.05) is 32.1 Å². The van der Waals surface area contributed by atoms with E-state index in [1.54, 1.807) is 6.07 Å². The van der Waals surface area contributed by atoms with Crippen molar-refractivity contribution in [1.82, 2.24) is 15.2 Å². The summed E-state index contributed by atoms with van der Waals surface area (Å²) in [5.41, 5.74) is 3.37. The van der Waals surface area contributed by atoms with E-state index in [2.05, 4.69) is 10.4 Å². The van der Waals surface area contributed by atoms with Gasteiger partial charge in [0.05, 0.1) is 18.3 Å². The Labute approximate surface area is 185 Å². The second-order valence-electron chi connectivity index (χ2n) is 7.61. The molecule has 2 heterocycles. The van der Waals surface area contributed by atoms with E-state index in [1.165, 1.54) is 5.01 Å². The SMILES string of the molecule is CN(C)c1ccc(C2CC(c3ccccc3Cl)=NN2C(=O)CN2C(=O)CNC2=O)cc1. The van der Waals surface area contributed by atoms with Gasteiger partial charge in [0.25, 0.3) is 11.8 Å². The summed E-state index contributed by atoms with van der Waals surface area (Å²) in [4.78, 5) is 39.8. The number of nitrogens with one attached hydrogen (secondary N) is 1. The molecule has 0 spiro atoms. The number of halogens is 1. The molecule has 1 unspecified atom stereocenters. The number of amides is 4. The van der Waals surface area contributed by atoms with Gasteiger partial charge in [0.2, 0.25) is 0 Å². The van der Waals surface area contributed by atoms with Crippen LogP contribution in [0.4, 0.5) is 10.5 Å². The first-order valence-electron chi connectivity index (χ1n) is 9.85. The summed E-state index contributed by atoms with van der Waals surface area (Å²) in [6, 6.07) is 14.3. The molecule has 1 N–H and O–H groups in total. The molecule has 1 saturated heterocycles. The maximum atomic E-state index is 13.1. The molecule has 31 heavy (non-hydrogen) atoms.